The number of hydrogen-bond donors (Lipinski definition) is 1. The third-order valence-corrected chi connectivity index (χ3v) is 4.11. The number of ether oxygens (including phenoxy) is 1. The Morgan fingerprint density at radius 1 is 1.37 bits per heavy atom. The molecule has 6 heteroatoms. The molecule has 0 spiro atoms. The summed E-state index contributed by atoms with van der Waals surface area (Å²) in [5, 5.41) is 0. The lowest BCUT2D eigenvalue weighted by molar-refractivity contribution is 0.186. The van der Waals surface area contributed by atoms with Gasteiger partial charge < -0.3 is 15.0 Å². The van der Waals surface area contributed by atoms with Crippen molar-refractivity contribution < 1.29 is 8.95 Å². The van der Waals surface area contributed by atoms with Gasteiger partial charge in [0.25, 0.3) is 0 Å². The molecule has 0 fully saturated rings. The van der Waals surface area contributed by atoms with E-state index in [-0.39, 0.29) is 0 Å². The fourth-order valence-electron chi connectivity index (χ4n) is 1.70. The summed E-state index contributed by atoms with van der Waals surface area (Å²) < 4.78 is 19.2. The highest BCUT2D eigenvalue weighted by Crippen LogP contribution is 2.14. The van der Waals surface area contributed by atoms with Gasteiger partial charge in [-0.15, -0.1) is 0 Å². The Labute approximate surface area is 114 Å². The van der Waals surface area contributed by atoms with Crippen molar-refractivity contribution in [3.05, 3.63) is 42.5 Å². The number of rotatable bonds is 6. The van der Waals surface area contributed by atoms with Gasteiger partial charge in [0.1, 0.15) is 0 Å². The Morgan fingerprint density at radius 2 is 2.11 bits per heavy atom. The number of anilines is 1. The first-order chi connectivity index (χ1) is 9.20. The number of nitrogens with zero attached hydrogens (tertiary/aromatic N) is 2. The summed E-state index contributed by atoms with van der Waals surface area (Å²) in [5.74, 6) is 0.438. The molecule has 1 atom stereocenters. The number of nitrogen functional groups attached to an aromatic ring is 1. The SMILES string of the molecule is COCCn1cncc1CS(=O)c1ccc(N)cc1. The van der Waals surface area contributed by atoms with E-state index in [0.29, 0.717) is 24.6 Å². The second-order valence-corrected chi connectivity index (χ2v) is 5.58. The minimum atomic E-state index is -1.09. The van der Waals surface area contributed by atoms with Crippen LogP contribution in [0.2, 0.25) is 0 Å². The van der Waals surface area contributed by atoms with Crippen LogP contribution >= 0.6 is 0 Å². The third-order valence-electron chi connectivity index (χ3n) is 2.76. The zero-order valence-electron chi connectivity index (χ0n) is 10.8. The lowest BCUT2D eigenvalue weighted by Gasteiger charge is -2.07. The highest BCUT2D eigenvalue weighted by atomic mass is 32.2. The normalized spacial score (nSPS) is 12.5. The Morgan fingerprint density at radius 3 is 2.79 bits per heavy atom. The van der Waals surface area contributed by atoms with Gasteiger partial charge in [-0.3, -0.25) is 4.21 Å². The number of imidazole rings is 1. The van der Waals surface area contributed by atoms with Crippen molar-refractivity contribution in [2.75, 3.05) is 19.5 Å². The second-order valence-electron chi connectivity index (χ2n) is 4.13. The quantitative estimate of drug-likeness (QED) is 0.812. The lowest BCUT2D eigenvalue weighted by Crippen LogP contribution is -2.08. The molecule has 1 aromatic carbocycles. The van der Waals surface area contributed by atoms with E-state index in [0.717, 1.165) is 10.6 Å². The molecule has 0 radical (unpaired) electrons. The van der Waals surface area contributed by atoms with Gasteiger partial charge in [0.2, 0.25) is 0 Å². The van der Waals surface area contributed by atoms with E-state index in [1.54, 1.807) is 43.9 Å². The average Bonchev–Trinajstić information content (AvgIpc) is 2.84. The van der Waals surface area contributed by atoms with Crippen molar-refractivity contribution in [1.29, 1.82) is 0 Å². The van der Waals surface area contributed by atoms with Crippen LogP contribution in [-0.4, -0.2) is 27.5 Å². The highest BCUT2D eigenvalue weighted by Gasteiger charge is 2.09. The molecule has 0 amide bonds. The van der Waals surface area contributed by atoms with Gasteiger partial charge in [-0.2, -0.15) is 0 Å². The maximum absolute atomic E-state index is 12.2. The standard InChI is InChI=1S/C13H17N3O2S/c1-18-7-6-16-10-15-8-12(16)9-19(17)13-4-2-11(14)3-5-13/h2-5,8,10H,6-7,9,14H2,1H3. The van der Waals surface area contributed by atoms with Gasteiger partial charge in [-0.05, 0) is 24.3 Å². The van der Waals surface area contributed by atoms with E-state index in [9.17, 15) is 4.21 Å². The minimum absolute atomic E-state index is 0.438. The smallest absolute Gasteiger partial charge is 0.0949 e. The molecule has 0 saturated heterocycles. The molecule has 1 aromatic heterocycles. The van der Waals surface area contributed by atoms with Crippen LogP contribution in [0.5, 0.6) is 0 Å². The number of hydrogen-bond acceptors (Lipinski definition) is 4. The van der Waals surface area contributed by atoms with Crippen molar-refractivity contribution >= 4 is 16.5 Å². The number of nitrogens with two attached hydrogens (primary N) is 1. The Balaban J connectivity index is 2.06. The van der Waals surface area contributed by atoms with Crippen LogP contribution in [0.1, 0.15) is 5.69 Å². The van der Waals surface area contributed by atoms with Crippen LogP contribution in [0.4, 0.5) is 5.69 Å². The van der Waals surface area contributed by atoms with Crippen LogP contribution < -0.4 is 5.73 Å². The fraction of sp³-hybridized carbons (Fsp3) is 0.308. The van der Waals surface area contributed by atoms with Crippen LogP contribution in [0.15, 0.2) is 41.7 Å². The highest BCUT2D eigenvalue weighted by molar-refractivity contribution is 7.84. The van der Waals surface area contributed by atoms with Gasteiger partial charge in [-0.25, -0.2) is 4.98 Å². The van der Waals surface area contributed by atoms with E-state index in [1.165, 1.54) is 0 Å². The third kappa shape index (κ3) is 3.65. The maximum Gasteiger partial charge on any atom is 0.0949 e. The van der Waals surface area contributed by atoms with E-state index in [1.807, 2.05) is 4.57 Å². The van der Waals surface area contributed by atoms with Crippen LogP contribution in [0.25, 0.3) is 0 Å². The Kier molecular flexibility index (Phi) is 4.70. The van der Waals surface area contributed by atoms with Crippen molar-refractivity contribution in [2.45, 2.75) is 17.2 Å². The molecule has 19 heavy (non-hydrogen) atoms. The summed E-state index contributed by atoms with van der Waals surface area (Å²) in [5.41, 5.74) is 7.22. The van der Waals surface area contributed by atoms with Crippen LogP contribution in [0.3, 0.4) is 0 Å². The van der Waals surface area contributed by atoms with Crippen molar-refractivity contribution in [2.24, 2.45) is 0 Å². The summed E-state index contributed by atoms with van der Waals surface area (Å²) in [4.78, 5) is 4.86. The van der Waals surface area contributed by atoms with E-state index < -0.39 is 10.8 Å². The average molecular weight is 279 g/mol. The number of aromatic nitrogens is 2. The van der Waals surface area contributed by atoms with Gasteiger partial charge in [0.15, 0.2) is 0 Å². The minimum Gasteiger partial charge on any atom is -0.399 e. The van der Waals surface area contributed by atoms with Gasteiger partial charge >= 0.3 is 0 Å². The maximum atomic E-state index is 12.2. The summed E-state index contributed by atoms with van der Waals surface area (Å²) in [7, 11) is 0.562. The molecule has 102 valence electrons. The summed E-state index contributed by atoms with van der Waals surface area (Å²) in [6.45, 7) is 1.32. The lowest BCUT2D eigenvalue weighted by atomic mass is 10.3. The summed E-state index contributed by atoms with van der Waals surface area (Å²) in [6, 6.07) is 7.10. The zero-order chi connectivity index (χ0) is 13.7. The van der Waals surface area contributed by atoms with Crippen LogP contribution in [-0.2, 0) is 27.8 Å². The molecule has 2 aromatic rings. The molecule has 5 nitrogen and oxygen atoms in total. The molecule has 2 rings (SSSR count). The first kappa shape index (κ1) is 13.8. The fourth-order valence-corrected chi connectivity index (χ4v) is 2.81. The van der Waals surface area contributed by atoms with Crippen molar-refractivity contribution in [1.82, 2.24) is 9.55 Å². The molecule has 0 aliphatic heterocycles. The molecule has 0 bridgehead atoms. The van der Waals surface area contributed by atoms with E-state index in [4.69, 9.17) is 10.5 Å². The first-order valence-corrected chi connectivity index (χ1v) is 7.24. The Bertz CT molecular complexity index is 551. The molecule has 1 unspecified atom stereocenters. The predicted molar refractivity (Wildman–Crippen MR) is 75.1 cm³/mol. The molecule has 2 N–H and O–H groups in total. The van der Waals surface area contributed by atoms with Crippen molar-refractivity contribution in [3.8, 4) is 0 Å². The molecular formula is C13H17N3O2S. The van der Waals surface area contributed by atoms with Crippen LogP contribution in [0, 0.1) is 0 Å². The largest absolute Gasteiger partial charge is 0.399 e. The summed E-state index contributed by atoms with van der Waals surface area (Å²) in [6.07, 6.45) is 3.47. The van der Waals surface area contributed by atoms with E-state index >= 15 is 0 Å². The zero-order valence-corrected chi connectivity index (χ0v) is 11.6. The summed E-state index contributed by atoms with van der Waals surface area (Å²) >= 11 is 0. The molecule has 1 heterocycles. The second kappa shape index (κ2) is 6.49. The monoisotopic (exact) mass is 279 g/mol. The number of methoxy groups -OCH3 is 1. The van der Waals surface area contributed by atoms with Gasteiger partial charge in [0.05, 0.1) is 35.2 Å². The molecular weight excluding hydrogens is 262 g/mol. The number of benzene rings is 1. The molecule has 0 aliphatic rings. The molecule has 0 saturated carbocycles. The van der Waals surface area contributed by atoms with Gasteiger partial charge in [0, 0.05) is 30.4 Å². The van der Waals surface area contributed by atoms with Crippen molar-refractivity contribution in [3.63, 3.8) is 0 Å². The first-order valence-electron chi connectivity index (χ1n) is 5.92. The van der Waals surface area contributed by atoms with Gasteiger partial charge in [-0.1, -0.05) is 0 Å². The van der Waals surface area contributed by atoms with E-state index in [2.05, 4.69) is 4.98 Å². The molecule has 0 aliphatic carbocycles. The topological polar surface area (TPSA) is 70.1 Å². The Hall–Kier alpha value is -1.66. The predicted octanol–water partition coefficient (Wildman–Crippen LogP) is 1.42.